The van der Waals surface area contributed by atoms with Gasteiger partial charge >= 0.3 is 6.18 Å². The first-order valence-electron chi connectivity index (χ1n) is 5.97. The Morgan fingerprint density at radius 1 is 1.40 bits per heavy atom. The van der Waals surface area contributed by atoms with Gasteiger partial charge in [-0.2, -0.15) is 13.2 Å². The molecule has 1 atom stereocenters. The van der Waals surface area contributed by atoms with Crippen molar-refractivity contribution in [1.82, 2.24) is 10.3 Å². The van der Waals surface area contributed by atoms with Crippen LogP contribution in [0.15, 0.2) is 18.3 Å². The highest BCUT2D eigenvalue weighted by Gasteiger charge is 2.32. The number of amides is 2. The van der Waals surface area contributed by atoms with Crippen LogP contribution in [0.1, 0.15) is 18.5 Å². The maximum absolute atomic E-state index is 12.3. The highest BCUT2D eigenvalue weighted by molar-refractivity contribution is 5.93. The second-order valence-corrected chi connectivity index (χ2v) is 4.46. The summed E-state index contributed by atoms with van der Waals surface area (Å²) >= 11 is 0. The Morgan fingerprint density at radius 2 is 2.15 bits per heavy atom. The Morgan fingerprint density at radius 3 is 2.65 bits per heavy atom. The number of nitrogens with one attached hydrogen (secondary N) is 2. The molecule has 2 N–H and O–H groups in total. The van der Waals surface area contributed by atoms with Gasteiger partial charge in [0.05, 0.1) is 17.8 Å². The lowest BCUT2D eigenvalue weighted by Crippen LogP contribution is -2.40. The molecule has 2 heterocycles. The fourth-order valence-electron chi connectivity index (χ4n) is 1.84. The van der Waals surface area contributed by atoms with E-state index in [1.165, 1.54) is 0 Å². The summed E-state index contributed by atoms with van der Waals surface area (Å²) in [6, 6.07) is 1.95. The first kappa shape index (κ1) is 14.3. The number of nitrogens with zero attached hydrogens (tertiary/aromatic N) is 1. The minimum atomic E-state index is -4.50. The first-order valence-corrected chi connectivity index (χ1v) is 5.97. The Kier molecular flexibility index (Phi) is 3.91. The molecule has 1 aromatic heterocycles. The summed E-state index contributed by atoms with van der Waals surface area (Å²) in [5.41, 5.74) is -0.819. The largest absolute Gasteiger partial charge is 0.433 e. The quantitative estimate of drug-likeness (QED) is 0.867. The van der Waals surface area contributed by atoms with Crippen LogP contribution in [0.3, 0.4) is 0 Å². The lowest BCUT2D eigenvalue weighted by molar-refractivity contribution is -0.141. The smallest absolute Gasteiger partial charge is 0.355 e. The van der Waals surface area contributed by atoms with Crippen molar-refractivity contribution in [3.63, 3.8) is 0 Å². The van der Waals surface area contributed by atoms with E-state index in [0.717, 1.165) is 18.3 Å². The number of hydrogen-bond acceptors (Lipinski definition) is 3. The molecule has 1 aliphatic rings. The number of hydrogen-bond donors (Lipinski definition) is 2. The number of carbonyl (C=O) groups is 2. The summed E-state index contributed by atoms with van der Waals surface area (Å²) in [7, 11) is 0. The predicted molar refractivity (Wildman–Crippen MR) is 63.6 cm³/mol. The molecule has 0 aliphatic carbocycles. The lowest BCUT2D eigenvalue weighted by Gasteiger charge is -2.21. The van der Waals surface area contributed by atoms with Crippen molar-refractivity contribution in [2.45, 2.75) is 19.0 Å². The summed E-state index contributed by atoms with van der Waals surface area (Å²) in [5.74, 6) is -0.827. The summed E-state index contributed by atoms with van der Waals surface area (Å²) in [6.07, 6.45) is -2.85. The van der Waals surface area contributed by atoms with E-state index in [-0.39, 0.29) is 36.4 Å². The van der Waals surface area contributed by atoms with Gasteiger partial charge in [0, 0.05) is 13.0 Å². The third kappa shape index (κ3) is 3.46. The zero-order valence-electron chi connectivity index (χ0n) is 10.3. The third-order valence-electron chi connectivity index (χ3n) is 2.96. The van der Waals surface area contributed by atoms with E-state index in [1.807, 2.05) is 0 Å². The maximum Gasteiger partial charge on any atom is 0.433 e. The van der Waals surface area contributed by atoms with Gasteiger partial charge in [-0.1, -0.05) is 0 Å². The second kappa shape index (κ2) is 5.48. The zero-order valence-corrected chi connectivity index (χ0v) is 10.3. The SMILES string of the molecule is O=C1CCC(C(=O)Nc2ccc(C(F)(F)F)nc2)CN1. The van der Waals surface area contributed by atoms with E-state index >= 15 is 0 Å². The summed E-state index contributed by atoms with van der Waals surface area (Å²) in [6.45, 7) is 0.235. The monoisotopic (exact) mass is 287 g/mol. The van der Waals surface area contributed by atoms with Crippen LogP contribution < -0.4 is 10.6 Å². The highest BCUT2D eigenvalue weighted by atomic mass is 19.4. The highest BCUT2D eigenvalue weighted by Crippen LogP contribution is 2.27. The Hall–Kier alpha value is -2.12. The van der Waals surface area contributed by atoms with E-state index in [4.69, 9.17) is 0 Å². The Labute approximate surface area is 112 Å². The molecule has 0 aromatic carbocycles. The molecule has 0 radical (unpaired) electrons. The molecule has 0 spiro atoms. The van der Waals surface area contributed by atoms with Crippen molar-refractivity contribution < 1.29 is 22.8 Å². The number of carbonyl (C=O) groups excluding carboxylic acids is 2. The second-order valence-electron chi connectivity index (χ2n) is 4.46. The van der Waals surface area contributed by atoms with Crippen LogP contribution in [0.5, 0.6) is 0 Å². The molecule has 108 valence electrons. The number of alkyl halides is 3. The van der Waals surface area contributed by atoms with E-state index in [0.29, 0.717) is 6.42 Å². The Bertz CT molecular complexity index is 504. The molecule has 5 nitrogen and oxygen atoms in total. The predicted octanol–water partition coefficient (Wildman–Crippen LogP) is 1.57. The number of pyridine rings is 1. The minimum Gasteiger partial charge on any atom is -0.355 e. The topological polar surface area (TPSA) is 71.1 Å². The number of anilines is 1. The molecular formula is C12H12F3N3O2. The molecule has 0 saturated carbocycles. The van der Waals surface area contributed by atoms with Gasteiger partial charge in [0.25, 0.3) is 0 Å². The first-order chi connectivity index (χ1) is 9.36. The normalized spacial score (nSPS) is 19.4. The van der Waals surface area contributed by atoms with Gasteiger partial charge in [-0.15, -0.1) is 0 Å². The Balaban J connectivity index is 1.96. The van der Waals surface area contributed by atoms with Crippen LogP contribution in [0.2, 0.25) is 0 Å². The fraction of sp³-hybridized carbons (Fsp3) is 0.417. The number of rotatable bonds is 2. The summed E-state index contributed by atoms with van der Waals surface area (Å²) in [5, 5.41) is 5.05. The van der Waals surface area contributed by atoms with Crippen LogP contribution >= 0.6 is 0 Å². The molecule has 1 aliphatic heterocycles. The van der Waals surface area contributed by atoms with Crippen LogP contribution in [0, 0.1) is 5.92 Å². The van der Waals surface area contributed by atoms with Gasteiger partial charge in [0.2, 0.25) is 11.8 Å². The molecule has 1 saturated heterocycles. The van der Waals surface area contributed by atoms with Gasteiger partial charge < -0.3 is 10.6 Å². The van der Waals surface area contributed by atoms with Gasteiger partial charge in [0.1, 0.15) is 5.69 Å². The summed E-state index contributed by atoms with van der Waals surface area (Å²) in [4.78, 5) is 26.1. The molecule has 1 unspecified atom stereocenters. The molecule has 0 bridgehead atoms. The molecule has 1 aromatic rings. The fourth-order valence-corrected chi connectivity index (χ4v) is 1.84. The molecule has 1 fully saturated rings. The van der Waals surface area contributed by atoms with Crippen molar-refractivity contribution in [3.05, 3.63) is 24.0 Å². The third-order valence-corrected chi connectivity index (χ3v) is 2.96. The summed E-state index contributed by atoms with van der Waals surface area (Å²) < 4.78 is 37.0. The molecular weight excluding hydrogens is 275 g/mol. The molecule has 2 amide bonds. The van der Waals surface area contributed by atoms with E-state index in [1.54, 1.807) is 0 Å². The van der Waals surface area contributed by atoms with Gasteiger partial charge in [0.15, 0.2) is 0 Å². The van der Waals surface area contributed by atoms with Crippen molar-refractivity contribution in [1.29, 1.82) is 0 Å². The van der Waals surface area contributed by atoms with Crippen LogP contribution in [-0.2, 0) is 15.8 Å². The van der Waals surface area contributed by atoms with Crippen molar-refractivity contribution in [2.24, 2.45) is 5.92 Å². The lowest BCUT2D eigenvalue weighted by atomic mass is 9.98. The van der Waals surface area contributed by atoms with Crippen molar-refractivity contribution in [2.75, 3.05) is 11.9 Å². The van der Waals surface area contributed by atoms with Gasteiger partial charge in [-0.05, 0) is 18.6 Å². The number of aromatic nitrogens is 1. The van der Waals surface area contributed by atoms with Crippen LogP contribution in [0.25, 0.3) is 0 Å². The van der Waals surface area contributed by atoms with Crippen LogP contribution in [-0.4, -0.2) is 23.3 Å². The minimum absolute atomic E-state index is 0.106. The average molecular weight is 287 g/mol. The molecule has 2 rings (SSSR count). The number of piperidine rings is 1. The van der Waals surface area contributed by atoms with E-state index in [9.17, 15) is 22.8 Å². The number of halogens is 3. The average Bonchev–Trinajstić information content (AvgIpc) is 2.39. The van der Waals surface area contributed by atoms with E-state index in [2.05, 4.69) is 15.6 Å². The van der Waals surface area contributed by atoms with Gasteiger partial charge in [-0.3, -0.25) is 9.59 Å². The molecule has 20 heavy (non-hydrogen) atoms. The van der Waals surface area contributed by atoms with Crippen molar-refractivity contribution >= 4 is 17.5 Å². The van der Waals surface area contributed by atoms with Gasteiger partial charge in [-0.25, -0.2) is 4.98 Å². The van der Waals surface area contributed by atoms with Crippen molar-refractivity contribution in [3.8, 4) is 0 Å². The van der Waals surface area contributed by atoms with Crippen LogP contribution in [0.4, 0.5) is 18.9 Å². The zero-order chi connectivity index (χ0) is 14.8. The maximum atomic E-state index is 12.3. The molecule has 8 heteroatoms. The standard InChI is InChI=1S/C12H12F3N3O2/c13-12(14,15)9-3-2-8(6-16-9)18-11(20)7-1-4-10(19)17-5-7/h2-3,6-7H,1,4-5H2,(H,17,19)(H,18,20). The van der Waals surface area contributed by atoms with E-state index < -0.39 is 11.9 Å².